The average Bonchev–Trinajstić information content (AvgIpc) is 2.47. The molecular weight excluding hydrogens is 142 g/mol. The Labute approximate surface area is 65.0 Å². The van der Waals surface area contributed by atoms with E-state index in [-0.39, 0.29) is 0 Å². The van der Waals surface area contributed by atoms with Crippen molar-refractivity contribution in [3.8, 4) is 0 Å². The number of nitrogens with zero attached hydrogens (tertiary/aromatic N) is 1. The van der Waals surface area contributed by atoms with Crippen LogP contribution in [0.25, 0.3) is 0 Å². The zero-order valence-corrected chi connectivity index (χ0v) is 6.48. The van der Waals surface area contributed by atoms with Crippen LogP contribution in [0.1, 0.15) is 11.3 Å². The Morgan fingerprint density at radius 2 is 2.55 bits per heavy atom. The first-order chi connectivity index (χ1) is 5.42. The molecule has 1 aliphatic rings. The van der Waals surface area contributed by atoms with Gasteiger partial charge in [-0.3, -0.25) is 0 Å². The molecule has 0 amide bonds. The lowest BCUT2D eigenvalue weighted by atomic mass is 10.1. The van der Waals surface area contributed by atoms with Crippen LogP contribution < -0.4 is 10.6 Å². The van der Waals surface area contributed by atoms with E-state index in [2.05, 4.69) is 15.8 Å². The first-order valence-electron chi connectivity index (χ1n) is 3.77. The Morgan fingerprint density at radius 1 is 1.64 bits per heavy atom. The van der Waals surface area contributed by atoms with Crippen LogP contribution in [0.4, 0.5) is 5.88 Å². The average molecular weight is 153 g/mol. The SMILES string of the molecule is CNc1onc2c1CNCC2. The lowest BCUT2D eigenvalue weighted by molar-refractivity contribution is 0.425. The number of fused-ring (bicyclic) bond motifs is 1. The molecule has 0 radical (unpaired) electrons. The van der Waals surface area contributed by atoms with Crippen LogP contribution in [0, 0.1) is 0 Å². The zero-order valence-electron chi connectivity index (χ0n) is 6.48. The van der Waals surface area contributed by atoms with E-state index in [1.165, 1.54) is 5.56 Å². The molecule has 0 unspecified atom stereocenters. The lowest BCUT2D eigenvalue weighted by Gasteiger charge is -2.10. The molecule has 1 aromatic rings. The molecular formula is C7H11N3O. The fraction of sp³-hybridized carbons (Fsp3) is 0.571. The van der Waals surface area contributed by atoms with E-state index < -0.39 is 0 Å². The molecule has 2 rings (SSSR count). The van der Waals surface area contributed by atoms with Gasteiger partial charge in [0.05, 0.1) is 11.3 Å². The number of rotatable bonds is 1. The Morgan fingerprint density at radius 3 is 3.36 bits per heavy atom. The van der Waals surface area contributed by atoms with Crippen molar-refractivity contribution in [3.63, 3.8) is 0 Å². The third kappa shape index (κ3) is 0.991. The van der Waals surface area contributed by atoms with Gasteiger partial charge >= 0.3 is 0 Å². The van der Waals surface area contributed by atoms with Gasteiger partial charge in [0.1, 0.15) is 0 Å². The van der Waals surface area contributed by atoms with Gasteiger partial charge in [-0.15, -0.1) is 0 Å². The van der Waals surface area contributed by atoms with Crippen LogP contribution in [0.15, 0.2) is 4.52 Å². The van der Waals surface area contributed by atoms with Gasteiger partial charge < -0.3 is 15.2 Å². The number of anilines is 1. The number of hydrogen-bond donors (Lipinski definition) is 2. The molecule has 2 heterocycles. The monoisotopic (exact) mass is 153 g/mol. The first kappa shape index (κ1) is 6.67. The predicted octanol–water partition coefficient (Wildman–Crippen LogP) is 0.362. The number of aromatic nitrogens is 1. The van der Waals surface area contributed by atoms with E-state index in [1.54, 1.807) is 0 Å². The zero-order chi connectivity index (χ0) is 7.68. The molecule has 4 nitrogen and oxygen atoms in total. The van der Waals surface area contributed by atoms with Gasteiger partial charge in [-0.05, 0) is 0 Å². The summed E-state index contributed by atoms with van der Waals surface area (Å²) in [6, 6.07) is 0. The van der Waals surface area contributed by atoms with Crippen LogP contribution in [-0.2, 0) is 13.0 Å². The minimum atomic E-state index is 0.798. The van der Waals surface area contributed by atoms with E-state index in [1.807, 2.05) is 7.05 Å². The normalized spacial score (nSPS) is 16.1. The highest BCUT2D eigenvalue weighted by Gasteiger charge is 2.17. The van der Waals surface area contributed by atoms with E-state index in [4.69, 9.17) is 4.52 Å². The van der Waals surface area contributed by atoms with Crippen LogP contribution in [0.5, 0.6) is 0 Å². The Kier molecular flexibility index (Phi) is 1.54. The van der Waals surface area contributed by atoms with Gasteiger partial charge in [-0.25, -0.2) is 0 Å². The van der Waals surface area contributed by atoms with Crippen molar-refractivity contribution in [2.75, 3.05) is 18.9 Å². The Hall–Kier alpha value is -1.03. The fourth-order valence-corrected chi connectivity index (χ4v) is 1.34. The van der Waals surface area contributed by atoms with Gasteiger partial charge in [0.25, 0.3) is 0 Å². The number of hydrogen-bond acceptors (Lipinski definition) is 4. The second-order valence-electron chi connectivity index (χ2n) is 2.61. The maximum Gasteiger partial charge on any atom is 0.229 e. The molecule has 0 spiro atoms. The summed E-state index contributed by atoms with van der Waals surface area (Å²) in [6.07, 6.45) is 0.973. The van der Waals surface area contributed by atoms with Gasteiger partial charge in [0.15, 0.2) is 0 Å². The first-order valence-corrected chi connectivity index (χ1v) is 3.77. The van der Waals surface area contributed by atoms with Crippen LogP contribution in [0.2, 0.25) is 0 Å². The Balaban J connectivity index is 2.38. The molecule has 0 atom stereocenters. The van der Waals surface area contributed by atoms with Gasteiger partial charge in [0.2, 0.25) is 5.88 Å². The molecule has 11 heavy (non-hydrogen) atoms. The van der Waals surface area contributed by atoms with Crippen molar-refractivity contribution in [1.82, 2.24) is 10.5 Å². The molecule has 0 bridgehead atoms. The van der Waals surface area contributed by atoms with Crippen molar-refractivity contribution >= 4 is 5.88 Å². The second kappa shape index (κ2) is 2.54. The summed E-state index contributed by atoms with van der Waals surface area (Å²) in [5.74, 6) is 0.798. The van der Waals surface area contributed by atoms with Crippen molar-refractivity contribution in [2.24, 2.45) is 0 Å². The topological polar surface area (TPSA) is 50.1 Å². The van der Waals surface area contributed by atoms with Crippen LogP contribution in [-0.4, -0.2) is 18.7 Å². The minimum Gasteiger partial charge on any atom is -0.357 e. The summed E-state index contributed by atoms with van der Waals surface area (Å²) in [6.45, 7) is 1.87. The summed E-state index contributed by atoms with van der Waals surface area (Å²) < 4.78 is 5.07. The van der Waals surface area contributed by atoms with E-state index in [0.717, 1.165) is 31.1 Å². The van der Waals surface area contributed by atoms with Gasteiger partial charge in [0, 0.05) is 26.6 Å². The molecule has 0 fully saturated rings. The third-order valence-corrected chi connectivity index (χ3v) is 1.94. The molecule has 4 heteroatoms. The highest BCUT2D eigenvalue weighted by atomic mass is 16.5. The summed E-state index contributed by atoms with van der Waals surface area (Å²) in [4.78, 5) is 0. The van der Waals surface area contributed by atoms with Crippen molar-refractivity contribution in [3.05, 3.63) is 11.3 Å². The van der Waals surface area contributed by atoms with E-state index in [9.17, 15) is 0 Å². The third-order valence-electron chi connectivity index (χ3n) is 1.94. The lowest BCUT2D eigenvalue weighted by Crippen LogP contribution is -2.23. The highest BCUT2D eigenvalue weighted by molar-refractivity contribution is 5.43. The largest absolute Gasteiger partial charge is 0.357 e. The van der Waals surface area contributed by atoms with Crippen molar-refractivity contribution in [2.45, 2.75) is 13.0 Å². The van der Waals surface area contributed by atoms with Gasteiger partial charge in [-0.1, -0.05) is 5.16 Å². The summed E-state index contributed by atoms with van der Waals surface area (Å²) in [5, 5.41) is 10.2. The fourth-order valence-electron chi connectivity index (χ4n) is 1.34. The Bertz CT molecular complexity index is 243. The molecule has 1 aromatic heterocycles. The molecule has 0 aliphatic carbocycles. The summed E-state index contributed by atoms with van der Waals surface area (Å²) >= 11 is 0. The maximum atomic E-state index is 5.07. The molecule has 0 saturated carbocycles. The smallest absolute Gasteiger partial charge is 0.229 e. The molecule has 60 valence electrons. The summed E-state index contributed by atoms with van der Waals surface area (Å²) in [7, 11) is 1.84. The molecule has 0 aromatic carbocycles. The molecule has 2 N–H and O–H groups in total. The standard InChI is InChI=1S/C7H11N3O/c1-8-7-5-4-9-3-2-6(5)10-11-7/h8-9H,2-4H2,1H3. The second-order valence-corrected chi connectivity index (χ2v) is 2.61. The highest BCUT2D eigenvalue weighted by Crippen LogP contribution is 2.21. The van der Waals surface area contributed by atoms with Crippen molar-refractivity contribution in [1.29, 1.82) is 0 Å². The van der Waals surface area contributed by atoms with Gasteiger partial charge in [-0.2, -0.15) is 0 Å². The summed E-state index contributed by atoms with van der Waals surface area (Å²) in [5.41, 5.74) is 2.27. The molecule has 1 aliphatic heterocycles. The minimum absolute atomic E-state index is 0.798. The van der Waals surface area contributed by atoms with E-state index >= 15 is 0 Å². The quantitative estimate of drug-likeness (QED) is 0.611. The van der Waals surface area contributed by atoms with Crippen molar-refractivity contribution < 1.29 is 4.52 Å². The van der Waals surface area contributed by atoms with E-state index in [0.29, 0.717) is 0 Å². The molecule has 0 saturated heterocycles. The predicted molar refractivity (Wildman–Crippen MR) is 41.5 cm³/mol. The maximum absolute atomic E-state index is 5.07. The van der Waals surface area contributed by atoms with Crippen LogP contribution in [0.3, 0.4) is 0 Å². The number of nitrogens with one attached hydrogen (secondary N) is 2. The van der Waals surface area contributed by atoms with Crippen LogP contribution >= 0.6 is 0 Å².